The maximum absolute atomic E-state index is 2.99. The van der Waals surface area contributed by atoms with Crippen LogP contribution in [0.3, 0.4) is 0 Å². The third-order valence-corrected chi connectivity index (χ3v) is 38.9. The Balaban J connectivity index is 0.692. The molecule has 0 aromatic heterocycles. The summed E-state index contributed by atoms with van der Waals surface area (Å²) in [5.74, 6) is 25.9. The molecule has 12 fully saturated rings. The van der Waals surface area contributed by atoms with E-state index < -0.39 is 0 Å². The Kier molecular flexibility index (Phi) is 17.8. The van der Waals surface area contributed by atoms with Crippen LogP contribution in [0, 0.1) is 192 Å². The van der Waals surface area contributed by atoms with Crippen molar-refractivity contribution in [2.45, 2.75) is 354 Å². The van der Waals surface area contributed by atoms with Crippen molar-refractivity contribution >= 4 is 0 Å². The summed E-state index contributed by atoms with van der Waals surface area (Å²) in [6.07, 6.45) is 59.7. The highest BCUT2D eigenvalue weighted by atomic mass is 14.7. The second kappa shape index (κ2) is 24.7. The van der Waals surface area contributed by atoms with Crippen molar-refractivity contribution < 1.29 is 0 Å². The van der Waals surface area contributed by atoms with Gasteiger partial charge in [-0.15, -0.1) is 0 Å². The summed E-state index contributed by atoms with van der Waals surface area (Å²) >= 11 is 0. The predicted molar refractivity (Wildman–Crippen MR) is 395 cm³/mol. The lowest BCUT2D eigenvalue weighted by molar-refractivity contribution is -0.143. The zero-order valence-electron chi connectivity index (χ0n) is 64.2. The van der Waals surface area contributed by atoms with Gasteiger partial charge in [0, 0.05) is 0 Å². The predicted octanol–water partition coefficient (Wildman–Crippen LogP) is 25.9. The lowest BCUT2D eigenvalue weighted by atomic mass is 9.40. The molecule has 1 aromatic carbocycles. The van der Waals surface area contributed by atoms with Gasteiger partial charge in [0.1, 0.15) is 0 Å². The largest absolute Gasteiger partial charge is 0.0628 e. The Morgan fingerprint density at radius 3 is 0.731 bits per heavy atom. The molecule has 0 aliphatic heterocycles. The lowest BCUT2D eigenvalue weighted by Crippen LogP contribution is -2.58. The molecule has 0 unspecified atom stereocenters. The van der Waals surface area contributed by atoms with E-state index in [9.17, 15) is 0 Å². The summed E-state index contributed by atoms with van der Waals surface area (Å²) in [7, 11) is 0. The molecule has 0 heterocycles. The van der Waals surface area contributed by atoms with E-state index >= 15 is 0 Å². The molecule has 15 aliphatic carbocycles. The van der Waals surface area contributed by atoms with Crippen LogP contribution in [0.4, 0.5) is 0 Å². The number of hydrogen-bond acceptors (Lipinski definition) is 0. The van der Waals surface area contributed by atoms with Gasteiger partial charge in [0.25, 0.3) is 0 Å². The first-order chi connectivity index (χ1) is 44.5. The third kappa shape index (κ3) is 10.5. The van der Waals surface area contributed by atoms with E-state index in [1.54, 1.807) is 154 Å². The summed E-state index contributed by atoms with van der Waals surface area (Å²) < 4.78 is 0. The van der Waals surface area contributed by atoms with Crippen LogP contribution in [0.15, 0.2) is 0 Å². The number of benzene rings is 1. The van der Waals surface area contributed by atoms with Gasteiger partial charge >= 0.3 is 0 Å². The fourth-order valence-electron chi connectivity index (χ4n) is 34.6. The average Bonchev–Trinajstić information content (AvgIpc) is 1.49. The minimum atomic E-state index is 0.567. The highest BCUT2D eigenvalue weighted by Gasteiger charge is 2.67. The van der Waals surface area contributed by atoms with E-state index in [0.29, 0.717) is 32.5 Å². The number of rotatable bonds is 15. The molecular formula is C93H150. The Bertz CT molecular complexity index is 2520. The summed E-state index contributed by atoms with van der Waals surface area (Å²) in [4.78, 5) is 0. The zero-order valence-corrected chi connectivity index (χ0v) is 64.2. The fourth-order valence-corrected chi connectivity index (χ4v) is 34.6. The first kappa shape index (κ1) is 66.8. The van der Waals surface area contributed by atoms with Crippen LogP contribution in [0.25, 0.3) is 0 Å². The van der Waals surface area contributed by atoms with Gasteiger partial charge in [-0.3, -0.25) is 0 Å². The van der Waals surface area contributed by atoms with E-state index in [0.717, 1.165) is 160 Å². The average molecular weight is 1270 g/mol. The summed E-state index contributed by atoms with van der Waals surface area (Å²) in [5, 5.41) is 0. The third-order valence-electron chi connectivity index (χ3n) is 38.9. The topological polar surface area (TPSA) is 0 Å². The molecule has 1 aromatic rings. The molecule has 93 heavy (non-hydrogen) atoms. The standard InChI is InChI=1S/C93H150/c1-55(2)19-16-22-58(7)76-31-34-79-64-25-28-82-67-52-73-70(49-61(67)37-43-91(82,13)85(64)40-46-88(76,79)10)74-53-68-63(39-45-93(15)83(68)29-26-65-80-35-32-78(60(9)24-18-21-57(5)6)90(80,12)48-42-87(65)93)51-72(74)75-54-69-62(50-71(73)75)38-44-92(14)84(69)30-27-66-81-36-33-77(59(8)23-17-20-56(3)4)89(81,11)47-41-86(66)92/h55-69,76-87H,16-54H2,1-15H3/t58-,59-,60-,61+,62+,63+,64+,65+,66+,67+,68+,69+,76-,77-,78-,79+,80+,81+,82-,83-,84-,85+,86+,87+,88-,89-,90-,91+,92+,93+/m1/s1. The van der Waals surface area contributed by atoms with Crippen LogP contribution in [0.2, 0.25) is 0 Å². The minimum Gasteiger partial charge on any atom is -0.0628 e. The van der Waals surface area contributed by atoms with E-state index in [4.69, 9.17) is 0 Å². The quantitative estimate of drug-likeness (QED) is 0.164. The van der Waals surface area contributed by atoms with Crippen LogP contribution in [0.5, 0.6) is 0 Å². The lowest BCUT2D eigenvalue weighted by Gasteiger charge is -2.65. The van der Waals surface area contributed by atoms with E-state index in [2.05, 4.69) is 137 Å². The van der Waals surface area contributed by atoms with E-state index in [1.807, 2.05) is 0 Å². The van der Waals surface area contributed by atoms with Crippen molar-refractivity contribution in [2.75, 3.05) is 0 Å². The highest BCUT2D eigenvalue weighted by Crippen LogP contribution is 2.75. The second-order valence-electron chi connectivity index (χ2n) is 43.3. The van der Waals surface area contributed by atoms with Crippen LogP contribution in [-0.4, -0.2) is 0 Å². The van der Waals surface area contributed by atoms with Gasteiger partial charge in [-0.25, -0.2) is 0 Å². The Morgan fingerprint density at radius 2 is 0.462 bits per heavy atom. The molecule has 15 aliphatic rings. The molecule has 30 atom stereocenters. The van der Waals surface area contributed by atoms with Crippen molar-refractivity contribution in [2.24, 2.45) is 192 Å². The number of hydrogen-bond donors (Lipinski definition) is 0. The second-order valence-corrected chi connectivity index (χ2v) is 43.3. The molecular weight excluding hydrogens is 1120 g/mol. The Hall–Kier alpha value is -0.780. The molecule has 0 N–H and O–H groups in total. The van der Waals surface area contributed by atoms with Crippen molar-refractivity contribution in [3.8, 4) is 0 Å². The van der Waals surface area contributed by atoms with Crippen LogP contribution in [0.1, 0.15) is 349 Å². The Labute approximate surface area is 576 Å². The van der Waals surface area contributed by atoms with Crippen molar-refractivity contribution in [3.63, 3.8) is 0 Å². The normalized spacial score (nSPS) is 49.9. The van der Waals surface area contributed by atoms with Crippen molar-refractivity contribution in [1.29, 1.82) is 0 Å². The first-order valence-electron chi connectivity index (χ1n) is 43.7. The van der Waals surface area contributed by atoms with Gasteiger partial charge in [0.05, 0.1) is 0 Å². The summed E-state index contributed by atoms with van der Waals surface area (Å²) in [6.45, 7) is 40.4. The van der Waals surface area contributed by atoms with Gasteiger partial charge in [-0.1, -0.05) is 162 Å². The zero-order chi connectivity index (χ0) is 64.6. The molecule has 0 spiro atoms. The molecule has 0 amide bonds. The van der Waals surface area contributed by atoms with Gasteiger partial charge in [0.15, 0.2) is 0 Å². The first-order valence-corrected chi connectivity index (χ1v) is 43.7. The monoisotopic (exact) mass is 1270 g/mol. The van der Waals surface area contributed by atoms with Crippen LogP contribution < -0.4 is 0 Å². The van der Waals surface area contributed by atoms with Gasteiger partial charge in [-0.2, -0.15) is 0 Å². The SMILES string of the molecule is CC(C)CCC[C@@H](C)[C@H]1CC[C@H]2[C@@H]3CC[C@@H]4[C@H]5Cc6c(c7c(c8c6C[C@@H]6CC[C@@]9(C)[C@H](CC[C@@H]%10[C@@H]9CC[C@]9(C)[C@@H]([C@H](C)CCCC(C)C)CC[C@@H]%109)[C@H]6C8)C[C@@H]6CC[C@@]8(C)[C@H](CC[C@@H]9[C@@H]8CC[C@]8(C)[C@@H]([C@H](C)CCCC(C)C)CC[C@@H]98)[C@H]6C7)C[C@@H]5CC[C@]4(C)[C@H]3CC[C@]12C. The maximum atomic E-state index is 2.99. The van der Waals surface area contributed by atoms with Crippen molar-refractivity contribution in [1.82, 2.24) is 0 Å². The van der Waals surface area contributed by atoms with Gasteiger partial charge < -0.3 is 0 Å². The van der Waals surface area contributed by atoms with E-state index in [1.165, 1.54) is 96.3 Å². The van der Waals surface area contributed by atoms with Gasteiger partial charge in [0.2, 0.25) is 0 Å². The minimum absolute atomic E-state index is 0.567. The Morgan fingerprint density at radius 1 is 0.237 bits per heavy atom. The molecule has 0 radical (unpaired) electrons. The maximum Gasteiger partial charge on any atom is -0.0239 e. The highest BCUT2D eigenvalue weighted by molar-refractivity contribution is 5.57. The molecule has 16 rings (SSSR count). The molecule has 0 bridgehead atoms. The molecule has 522 valence electrons. The summed E-state index contributed by atoms with van der Waals surface area (Å²) in [5.41, 5.74) is 16.0. The number of fused-ring (bicyclic) bond motifs is 27. The molecule has 0 saturated heterocycles. The smallest absolute Gasteiger partial charge is 0.0239 e. The van der Waals surface area contributed by atoms with Crippen LogP contribution >= 0.6 is 0 Å². The van der Waals surface area contributed by atoms with E-state index in [-0.39, 0.29) is 0 Å². The molecule has 0 nitrogen and oxygen atoms in total. The molecule has 12 saturated carbocycles. The summed E-state index contributed by atoms with van der Waals surface area (Å²) in [6, 6.07) is 0. The fraction of sp³-hybridized carbons (Fsp3) is 0.935. The molecule has 0 heteroatoms. The van der Waals surface area contributed by atoms with Gasteiger partial charge in [-0.05, 0) is 418 Å². The van der Waals surface area contributed by atoms with Crippen LogP contribution in [-0.2, 0) is 38.5 Å². The van der Waals surface area contributed by atoms with Crippen molar-refractivity contribution in [3.05, 3.63) is 33.4 Å².